The van der Waals surface area contributed by atoms with Gasteiger partial charge in [0.25, 0.3) is 5.56 Å². The van der Waals surface area contributed by atoms with Gasteiger partial charge >= 0.3 is 6.18 Å². The molecule has 124 valence electrons. The fraction of sp³-hybridized carbons (Fsp3) is 0.438. The van der Waals surface area contributed by atoms with E-state index in [4.69, 9.17) is 4.52 Å². The monoisotopic (exact) mass is 326 g/mol. The molecule has 7 heteroatoms. The number of aromatic nitrogens is 1. The molecule has 0 amide bonds. The molecule has 0 aliphatic carbocycles. The van der Waals surface area contributed by atoms with Crippen molar-refractivity contribution in [2.45, 2.75) is 37.9 Å². The summed E-state index contributed by atoms with van der Waals surface area (Å²) in [5, 5.41) is 5.61. The minimum atomic E-state index is -4.33. The molecule has 1 aliphatic rings. The van der Waals surface area contributed by atoms with Crippen LogP contribution in [0.2, 0.25) is 0 Å². The molecule has 2 atom stereocenters. The van der Waals surface area contributed by atoms with E-state index in [9.17, 15) is 18.0 Å². The smallest absolute Gasteiger partial charge is 0.383 e. The third-order valence-electron chi connectivity index (χ3n) is 4.32. The SMILES string of the molecule is Cc1cc(C(F)(F)F)ccc1[C@H]1C[C@@H](c2cc(=O)[nH]o2)CCN1. The van der Waals surface area contributed by atoms with Gasteiger partial charge in [-0.05, 0) is 49.6 Å². The van der Waals surface area contributed by atoms with Gasteiger partial charge in [-0.25, -0.2) is 0 Å². The van der Waals surface area contributed by atoms with Gasteiger partial charge in [0.15, 0.2) is 0 Å². The molecule has 0 spiro atoms. The molecule has 0 radical (unpaired) electrons. The average Bonchev–Trinajstić information content (AvgIpc) is 2.93. The number of hydrogen-bond donors (Lipinski definition) is 2. The number of alkyl halides is 3. The Hall–Kier alpha value is -2.02. The number of H-pyrrole nitrogens is 1. The second-order valence-electron chi connectivity index (χ2n) is 5.91. The second kappa shape index (κ2) is 5.88. The van der Waals surface area contributed by atoms with Crippen molar-refractivity contribution < 1.29 is 17.7 Å². The lowest BCUT2D eigenvalue weighted by molar-refractivity contribution is -0.137. The van der Waals surface area contributed by atoms with E-state index in [1.807, 2.05) is 0 Å². The fourth-order valence-electron chi connectivity index (χ4n) is 3.15. The van der Waals surface area contributed by atoms with Crippen LogP contribution in [0.3, 0.4) is 0 Å². The van der Waals surface area contributed by atoms with E-state index in [1.165, 1.54) is 18.2 Å². The Kier molecular flexibility index (Phi) is 4.06. The summed E-state index contributed by atoms with van der Waals surface area (Å²) in [7, 11) is 0. The summed E-state index contributed by atoms with van der Waals surface area (Å²) >= 11 is 0. The van der Waals surface area contributed by atoms with E-state index in [1.54, 1.807) is 6.92 Å². The standard InChI is InChI=1S/C16H17F3N2O2/c1-9-6-11(16(17,18)19)2-3-12(9)13-7-10(4-5-20-13)14-8-15(22)21-23-14/h2-3,6,8,10,13,20H,4-5,7H2,1H3,(H,21,22)/t10-,13+/m0/s1. The van der Waals surface area contributed by atoms with Crippen LogP contribution in [0.4, 0.5) is 13.2 Å². The number of hydrogen-bond acceptors (Lipinski definition) is 3. The van der Waals surface area contributed by atoms with E-state index >= 15 is 0 Å². The average molecular weight is 326 g/mol. The van der Waals surface area contributed by atoms with Crippen LogP contribution in [0.15, 0.2) is 33.6 Å². The van der Waals surface area contributed by atoms with Gasteiger partial charge in [-0.1, -0.05) is 6.07 Å². The van der Waals surface area contributed by atoms with Crippen molar-refractivity contribution in [2.24, 2.45) is 0 Å². The lowest BCUT2D eigenvalue weighted by atomic mass is 9.85. The zero-order valence-corrected chi connectivity index (χ0v) is 12.5. The quantitative estimate of drug-likeness (QED) is 0.888. The van der Waals surface area contributed by atoms with Crippen LogP contribution in [-0.2, 0) is 6.18 Å². The maximum Gasteiger partial charge on any atom is 0.416 e. The lowest BCUT2D eigenvalue weighted by Crippen LogP contribution is -2.31. The molecule has 2 aromatic rings. The van der Waals surface area contributed by atoms with E-state index in [0.717, 1.165) is 18.1 Å². The minimum absolute atomic E-state index is 0.0590. The van der Waals surface area contributed by atoms with Crippen LogP contribution >= 0.6 is 0 Å². The molecular formula is C16H17F3N2O2. The number of rotatable bonds is 2. The van der Waals surface area contributed by atoms with Crippen LogP contribution < -0.4 is 10.9 Å². The largest absolute Gasteiger partial charge is 0.416 e. The molecule has 1 fully saturated rings. The van der Waals surface area contributed by atoms with Gasteiger partial charge in [0.1, 0.15) is 5.76 Å². The first-order chi connectivity index (χ1) is 10.8. The second-order valence-corrected chi connectivity index (χ2v) is 5.91. The van der Waals surface area contributed by atoms with Crippen LogP contribution in [0.25, 0.3) is 0 Å². The van der Waals surface area contributed by atoms with Crippen LogP contribution in [-0.4, -0.2) is 11.7 Å². The van der Waals surface area contributed by atoms with Crippen molar-refractivity contribution in [3.63, 3.8) is 0 Å². The van der Waals surface area contributed by atoms with Gasteiger partial charge in [0.05, 0.1) is 5.56 Å². The number of nitrogens with one attached hydrogen (secondary N) is 2. The zero-order valence-electron chi connectivity index (χ0n) is 12.5. The van der Waals surface area contributed by atoms with E-state index in [2.05, 4.69) is 10.5 Å². The fourth-order valence-corrected chi connectivity index (χ4v) is 3.15. The predicted molar refractivity (Wildman–Crippen MR) is 78.2 cm³/mol. The summed E-state index contributed by atoms with van der Waals surface area (Å²) in [5.41, 5.74) is 0.539. The molecule has 0 saturated carbocycles. The van der Waals surface area contributed by atoms with Crippen molar-refractivity contribution in [2.75, 3.05) is 6.54 Å². The molecule has 2 N–H and O–H groups in total. The van der Waals surface area contributed by atoms with E-state index in [0.29, 0.717) is 24.3 Å². The van der Waals surface area contributed by atoms with Crippen LogP contribution in [0.1, 0.15) is 47.3 Å². The van der Waals surface area contributed by atoms with E-state index in [-0.39, 0.29) is 17.5 Å². The van der Waals surface area contributed by atoms with Crippen molar-refractivity contribution in [1.29, 1.82) is 0 Å². The Bertz CT molecular complexity index is 748. The Labute approximate surface area is 130 Å². The summed E-state index contributed by atoms with van der Waals surface area (Å²) < 4.78 is 43.5. The van der Waals surface area contributed by atoms with Gasteiger partial charge in [-0.15, -0.1) is 0 Å². The molecule has 23 heavy (non-hydrogen) atoms. The third-order valence-corrected chi connectivity index (χ3v) is 4.32. The zero-order chi connectivity index (χ0) is 16.6. The Balaban J connectivity index is 1.82. The molecule has 1 saturated heterocycles. The van der Waals surface area contributed by atoms with Crippen molar-refractivity contribution in [1.82, 2.24) is 10.5 Å². The Morgan fingerprint density at radius 2 is 2.04 bits per heavy atom. The molecule has 1 aromatic carbocycles. The van der Waals surface area contributed by atoms with E-state index < -0.39 is 11.7 Å². The summed E-state index contributed by atoms with van der Waals surface area (Å²) in [6.45, 7) is 2.40. The Morgan fingerprint density at radius 1 is 1.26 bits per heavy atom. The maximum atomic E-state index is 12.8. The van der Waals surface area contributed by atoms with Gasteiger partial charge in [-0.3, -0.25) is 4.79 Å². The highest BCUT2D eigenvalue weighted by Crippen LogP contribution is 2.37. The van der Waals surface area contributed by atoms with Crippen LogP contribution in [0, 0.1) is 6.92 Å². The maximum absolute atomic E-state index is 12.8. The molecule has 1 aromatic heterocycles. The first-order valence-corrected chi connectivity index (χ1v) is 7.44. The summed E-state index contributed by atoms with van der Waals surface area (Å²) in [6, 6.07) is 5.20. The van der Waals surface area contributed by atoms with Crippen molar-refractivity contribution in [3.8, 4) is 0 Å². The predicted octanol–water partition coefficient (Wildman–Crippen LogP) is 3.50. The molecule has 0 bridgehead atoms. The minimum Gasteiger partial charge on any atom is -0.383 e. The van der Waals surface area contributed by atoms with Crippen molar-refractivity contribution >= 4 is 0 Å². The number of halogens is 3. The first kappa shape index (κ1) is 15.9. The number of piperidine rings is 1. The summed E-state index contributed by atoms with van der Waals surface area (Å²) in [4.78, 5) is 11.2. The molecule has 0 unspecified atom stereocenters. The summed E-state index contributed by atoms with van der Waals surface area (Å²) in [5.74, 6) is 0.674. The number of aromatic amines is 1. The van der Waals surface area contributed by atoms with Gasteiger partial charge < -0.3 is 9.84 Å². The lowest BCUT2D eigenvalue weighted by Gasteiger charge is -2.30. The van der Waals surface area contributed by atoms with Crippen molar-refractivity contribution in [3.05, 3.63) is 57.1 Å². The number of benzene rings is 1. The van der Waals surface area contributed by atoms with Gasteiger partial charge in [-0.2, -0.15) is 18.3 Å². The third kappa shape index (κ3) is 3.34. The summed E-state index contributed by atoms with van der Waals surface area (Å²) in [6.07, 6.45) is -2.84. The molecule has 1 aliphatic heterocycles. The molecular weight excluding hydrogens is 309 g/mol. The first-order valence-electron chi connectivity index (χ1n) is 7.44. The normalized spacial score (nSPS) is 22.3. The highest BCUT2D eigenvalue weighted by molar-refractivity contribution is 5.35. The molecule has 4 nitrogen and oxygen atoms in total. The molecule has 2 heterocycles. The van der Waals surface area contributed by atoms with Gasteiger partial charge in [0, 0.05) is 18.0 Å². The highest BCUT2D eigenvalue weighted by atomic mass is 19.4. The van der Waals surface area contributed by atoms with Crippen LogP contribution in [0.5, 0.6) is 0 Å². The topological polar surface area (TPSA) is 58.0 Å². The Morgan fingerprint density at radius 3 is 2.65 bits per heavy atom. The molecule has 3 rings (SSSR count). The number of aryl methyl sites for hydroxylation is 1. The highest BCUT2D eigenvalue weighted by Gasteiger charge is 2.32. The van der Waals surface area contributed by atoms with Gasteiger partial charge in [0.2, 0.25) is 0 Å².